The fourth-order valence-electron chi connectivity index (χ4n) is 8.93. The molecule has 0 unspecified atom stereocenters. The molecule has 319 valence electrons. The van der Waals surface area contributed by atoms with Gasteiger partial charge in [0.2, 0.25) is 0 Å². The van der Waals surface area contributed by atoms with Crippen LogP contribution in [-0.2, 0) is 36.7 Å². The summed E-state index contributed by atoms with van der Waals surface area (Å²) in [6.45, 7) is 34.7. The molecule has 0 amide bonds. The van der Waals surface area contributed by atoms with Crippen LogP contribution in [0.3, 0.4) is 0 Å². The number of carbonyl (C=O) groups excluding carboxylic acids is 1. The van der Waals surface area contributed by atoms with Crippen LogP contribution in [0, 0.1) is 66.9 Å². The summed E-state index contributed by atoms with van der Waals surface area (Å²) in [7, 11) is 0. The first-order chi connectivity index (χ1) is 27.0. The Morgan fingerprint density at radius 3 is 1.97 bits per heavy atom. The molecule has 0 atom stereocenters. The van der Waals surface area contributed by atoms with Gasteiger partial charge >= 0.3 is 0 Å². The average molecular weight is 989 g/mol. The molecule has 0 saturated heterocycles. The zero-order valence-electron chi connectivity index (χ0n) is 38.5. The number of aryl methyl sites for hydroxylation is 2. The van der Waals surface area contributed by atoms with E-state index in [1.807, 2.05) is 11.3 Å². The number of allylic oxidation sites excluding steroid dienone is 2. The fourth-order valence-corrected chi connectivity index (χ4v) is 10.2. The van der Waals surface area contributed by atoms with E-state index in [0.717, 1.165) is 34.3 Å². The average Bonchev–Trinajstić information content (AvgIpc) is 3.60. The largest absolute Gasteiger partial charge is 0.512 e. The summed E-state index contributed by atoms with van der Waals surface area (Å²) < 4.78 is 7.69. The van der Waals surface area contributed by atoms with Crippen LogP contribution in [0.5, 0.6) is 0 Å². The first-order valence-electron chi connectivity index (χ1n) is 21.4. The molecular formula is C54H68IrO3S-2. The molecule has 0 fully saturated rings. The van der Waals surface area contributed by atoms with Crippen molar-refractivity contribution < 1.29 is 34.4 Å². The van der Waals surface area contributed by atoms with E-state index in [2.05, 4.69) is 184 Å². The van der Waals surface area contributed by atoms with Gasteiger partial charge in [-0.05, 0) is 71.1 Å². The number of hydrogen-bond donors (Lipinski definition) is 1. The molecule has 0 aliphatic heterocycles. The molecule has 5 heteroatoms. The summed E-state index contributed by atoms with van der Waals surface area (Å²) in [5.74, 6) is 2.73. The van der Waals surface area contributed by atoms with E-state index in [1.54, 1.807) is 0 Å². The first kappa shape index (κ1) is 48.2. The van der Waals surface area contributed by atoms with Gasteiger partial charge < -0.3 is 9.52 Å². The maximum absolute atomic E-state index is 12.3. The van der Waals surface area contributed by atoms with Crippen LogP contribution in [0.1, 0.15) is 119 Å². The molecule has 6 rings (SSSR count). The minimum atomic E-state index is -0.0119. The maximum atomic E-state index is 12.3. The summed E-state index contributed by atoms with van der Waals surface area (Å²) in [5.41, 5.74) is 8.55. The monoisotopic (exact) mass is 989 g/mol. The summed E-state index contributed by atoms with van der Waals surface area (Å²) in [6.07, 6.45) is 2.41. The van der Waals surface area contributed by atoms with Crippen LogP contribution in [0.15, 0.2) is 76.9 Å². The molecule has 2 aromatic heterocycles. The SMILES string of the molecule is CC(C)C(C(=O)/C=C(\O)C(C(C)C)C(C)C)C(C)C.Cc1c(CC(C)(C)C)oc2cc(-c3sc4c(-c5[c-]c6ccccc6c(C(C)(C)C)c5)[c-]ccc4c3C)ccc12.[Ir]. The predicted octanol–water partition coefficient (Wildman–Crippen LogP) is 16.1. The topological polar surface area (TPSA) is 50.4 Å². The third-order valence-corrected chi connectivity index (χ3v) is 12.9. The number of rotatable bonds is 10. The molecule has 1 radical (unpaired) electrons. The van der Waals surface area contributed by atoms with E-state index in [1.165, 1.54) is 54.1 Å². The molecular weight excluding hydrogens is 921 g/mol. The molecule has 0 spiro atoms. The Balaban J connectivity index is 0.000000329. The molecule has 59 heavy (non-hydrogen) atoms. The van der Waals surface area contributed by atoms with E-state index >= 15 is 0 Å². The van der Waals surface area contributed by atoms with Gasteiger partial charge in [-0.25, -0.2) is 0 Å². The van der Waals surface area contributed by atoms with Crippen LogP contribution >= 0.6 is 11.3 Å². The molecule has 0 aliphatic carbocycles. The second-order valence-electron chi connectivity index (χ2n) is 20.1. The molecule has 0 saturated carbocycles. The zero-order chi connectivity index (χ0) is 43.0. The second kappa shape index (κ2) is 19.0. The van der Waals surface area contributed by atoms with Crippen molar-refractivity contribution in [1.29, 1.82) is 0 Å². The van der Waals surface area contributed by atoms with Gasteiger partial charge in [0.15, 0.2) is 5.78 Å². The first-order valence-corrected chi connectivity index (χ1v) is 22.2. The number of fused-ring (bicyclic) bond motifs is 3. The van der Waals surface area contributed by atoms with Crippen molar-refractivity contribution in [2.45, 2.75) is 123 Å². The number of furan rings is 1. The van der Waals surface area contributed by atoms with Crippen LogP contribution in [0.2, 0.25) is 0 Å². The molecule has 6 aromatic rings. The van der Waals surface area contributed by atoms with Crippen molar-refractivity contribution in [3.63, 3.8) is 0 Å². The number of hydrogen-bond acceptors (Lipinski definition) is 4. The van der Waals surface area contributed by atoms with Crippen LogP contribution in [0.4, 0.5) is 0 Å². The molecule has 0 bridgehead atoms. The van der Waals surface area contributed by atoms with Crippen molar-refractivity contribution in [3.8, 4) is 21.6 Å². The Morgan fingerprint density at radius 1 is 0.780 bits per heavy atom. The van der Waals surface area contributed by atoms with E-state index in [9.17, 15) is 9.90 Å². The fraction of sp³-hybridized carbons (Fsp3) is 0.463. The third kappa shape index (κ3) is 10.9. The molecule has 2 heterocycles. The Bertz CT molecular complexity index is 2410. The normalized spacial score (nSPS) is 12.8. The van der Waals surface area contributed by atoms with Gasteiger partial charge in [-0.15, -0.1) is 23.1 Å². The Morgan fingerprint density at radius 2 is 1.39 bits per heavy atom. The summed E-state index contributed by atoms with van der Waals surface area (Å²) in [6, 6.07) is 29.3. The van der Waals surface area contributed by atoms with Crippen molar-refractivity contribution in [2.75, 3.05) is 0 Å². The quantitative estimate of drug-likeness (QED) is 0.0845. The molecule has 0 aliphatic rings. The number of carbonyl (C=O) groups is 1. The Kier molecular flexibility index (Phi) is 15.5. The smallest absolute Gasteiger partial charge is 0.162 e. The van der Waals surface area contributed by atoms with Gasteiger partial charge in [0.1, 0.15) is 11.3 Å². The van der Waals surface area contributed by atoms with Gasteiger partial charge in [-0.2, -0.15) is 46.7 Å². The summed E-state index contributed by atoms with van der Waals surface area (Å²) in [4.78, 5) is 13.6. The molecule has 4 aromatic carbocycles. The van der Waals surface area contributed by atoms with Gasteiger partial charge in [0.25, 0.3) is 0 Å². The zero-order valence-corrected chi connectivity index (χ0v) is 41.7. The van der Waals surface area contributed by atoms with Crippen molar-refractivity contribution in [3.05, 3.63) is 107 Å². The molecule has 3 nitrogen and oxygen atoms in total. The number of aliphatic hydroxyl groups excluding tert-OH is 1. The van der Waals surface area contributed by atoms with Gasteiger partial charge in [0.05, 0.1) is 5.76 Å². The van der Waals surface area contributed by atoms with Crippen LogP contribution < -0.4 is 0 Å². The third-order valence-electron chi connectivity index (χ3n) is 11.6. The molecule has 1 N–H and O–H groups in total. The predicted molar refractivity (Wildman–Crippen MR) is 251 cm³/mol. The summed E-state index contributed by atoms with van der Waals surface area (Å²) in [5, 5.41) is 15.2. The standard InChI is InChI=1S/C37H36OS.C17H32O2.Ir/c1-22-27-17-16-25(20-32(27)38-33(22)21-36(3,4)5)34-23(2)28-14-11-15-30(35(28)39-34)26-18-24-12-9-10-13-29(24)31(19-26)37(6,7)8;1-10(2)16(11(3)4)14(18)9-15(19)17(12(5)6)13(7)8;/h9-14,16-17,19-20H,21H2,1-8H3;9-13,16-18H,1-8H3;/q-2;;/b;14-9-;. The van der Waals surface area contributed by atoms with E-state index < -0.39 is 0 Å². The minimum Gasteiger partial charge on any atom is -0.512 e. The maximum Gasteiger partial charge on any atom is 0.162 e. The van der Waals surface area contributed by atoms with Crippen molar-refractivity contribution in [1.82, 2.24) is 0 Å². The number of ketones is 1. The van der Waals surface area contributed by atoms with Crippen molar-refractivity contribution >= 4 is 48.9 Å². The van der Waals surface area contributed by atoms with Crippen molar-refractivity contribution in [2.24, 2.45) is 40.9 Å². The number of aliphatic hydroxyl groups is 1. The van der Waals surface area contributed by atoms with E-state index in [4.69, 9.17) is 4.42 Å². The van der Waals surface area contributed by atoms with E-state index in [-0.39, 0.29) is 54.3 Å². The van der Waals surface area contributed by atoms with Crippen LogP contribution in [-0.4, -0.2) is 10.9 Å². The Hall–Kier alpha value is -3.50. The number of benzene rings is 4. The van der Waals surface area contributed by atoms with E-state index in [0.29, 0.717) is 23.7 Å². The summed E-state index contributed by atoms with van der Waals surface area (Å²) >= 11 is 1.85. The Labute approximate surface area is 373 Å². The van der Waals surface area contributed by atoms with Gasteiger partial charge in [0, 0.05) is 54.7 Å². The van der Waals surface area contributed by atoms with Gasteiger partial charge in [-0.1, -0.05) is 143 Å². The van der Waals surface area contributed by atoms with Crippen LogP contribution in [0.25, 0.3) is 53.4 Å². The van der Waals surface area contributed by atoms with Gasteiger partial charge in [-0.3, -0.25) is 4.79 Å². The second-order valence-corrected chi connectivity index (χ2v) is 21.2. The number of thiophene rings is 1. The minimum absolute atomic E-state index is 0.